The van der Waals surface area contributed by atoms with Crippen molar-refractivity contribution in [2.24, 2.45) is 0 Å². The normalized spacial score (nSPS) is 10.2. The SMILES string of the molecule is CC(=O)CC(=O)N(C)CCc1cc(F)ccc1F. The second-order valence-corrected chi connectivity index (χ2v) is 4.18. The van der Waals surface area contributed by atoms with Gasteiger partial charge in [0.15, 0.2) is 0 Å². The molecular formula is C13H15F2NO2. The second-order valence-electron chi connectivity index (χ2n) is 4.18. The number of hydrogen-bond acceptors (Lipinski definition) is 2. The zero-order valence-electron chi connectivity index (χ0n) is 10.4. The maximum atomic E-state index is 13.3. The van der Waals surface area contributed by atoms with Crippen molar-refractivity contribution in [1.82, 2.24) is 4.90 Å². The van der Waals surface area contributed by atoms with Gasteiger partial charge in [0.1, 0.15) is 17.4 Å². The first-order valence-corrected chi connectivity index (χ1v) is 5.57. The molecule has 1 aromatic rings. The summed E-state index contributed by atoms with van der Waals surface area (Å²) in [5, 5.41) is 0. The molecule has 3 nitrogen and oxygen atoms in total. The molecule has 18 heavy (non-hydrogen) atoms. The van der Waals surface area contributed by atoms with Crippen molar-refractivity contribution < 1.29 is 18.4 Å². The van der Waals surface area contributed by atoms with Crippen LogP contribution in [0.15, 0.2) is 18.2 Å². The summed E-state index contributed by atoms with van der Waals surface area (Å²) >= 11 is 0. The molecule has 0 unspecified atom stereocenters. The molecule has 1 amide bonds. The first-order chi connectivity index (χ1) is 8.40. The predicted octanol–water partition coefficient (Wildman–Crippen LogP) is 1.94. The summed E-state index contributed by atoms with van der Waals surface area (Å²) in [6, 6.07) is 3.21. The van der Waals surface area contributed by atoms with Gasteiger partial charge in [-0.15, -0.1) is 0 Å². The standard InChI is InChI=1S/C13H15F2NO2/c1-9(17)7-13(18)16(2)6-5-10-8-11(14)3-4-12(10)15/h3-4,8H,5-7H2,1-2H3. The third-order valence-corrected chi connectivity index (χ3v) is 2.55. The van der Waals surface area contributed by atoms with Gasteiger partial charge in [-0.05, 0) is 37.1 Å². The molecule has 0 aliphatic carbocycles. The van der Waals surface area contributed by atoms with Gasteiger partial charge in [-0.25, -0.2) is 8.78 Å². The Kier molecular flexibility index (Phi) is 4.95. The minimum atomic E-state index is -0.510. The number of nitrogens with zero attached hydrogens (tertiary/aromatic N) is 1. The lowest BCUT2D eigenvalue weighted by atomic mass is 10.1. The van der Waals surface area contributed by atoms with Crippen LogP contribution >= 0.6 is 0 Å². The molecule has 0 saturated heterocycles. The minimum Gasteiger partial charge on any atom is -0.345 e. The molecule has 0 bridgehead atoms. The maximum Gasteiger partial charge on any atom is 0.229 e. The number of Topliss-reactive ketones (excluding diaryl/α,β-unsaturated/α-hetero) is 1. The fraction of sp³-hybridized carbons (Fsp3) is 0.385. The van der Waals surface area contributed by atoms with Crippen LogP contribution in [0.4, 0.5) is 8.78 Å². The molecule has 98 valence electrons. The molecule has 1 rings (SSSR count). The van der Waals surface area contributed by atoms with E-state index in [0.717, 1.165) is 18.2 Å². The summed E-state index contributed by atoms with van der Waals surface area (Å²) in [4.78, 5) is 23.6. The van der Waals surface area contributed by atoms with E-state index < -0.39 is 11.6 Å². The van der Waals surface area contributed by atoms with E-state index >= 15 is 0 Å². The van der Waals surface area contributed by atoms with Crippen LogP contribution in [-0.4, -0.2) is 30.2 Å². The van der Waals surface area contributed by atoms with Gasteiger partial charge in [-0.2, -0.15) is 0 Å². The Morgan fingerprint density at radius 2 is 1.94 bits per heavy atom. The van der Waals surface area contributed by atoms with Gasteiger partial charge < -0.3 is 4.90 Å². The maximum absolute atomic E-state index is 13.3. The number of carbonyl (C=O) groups is 2. The van der Waals surface area contributed by atoms with Gasteiger partial charge >= 0.3 is 0 Å². The van der Waals surface area contributed by atoms with Crippen LogP contribution in [-0.2, 0) is 16.0 Å². The molecule has 0 atom stereocenters. The molecule has 0 spiro atoms. The minimum absolute atomic E-state index is 0.165. The zero-order chi connectivity index (χ0) is 13.7. The van der Waals surface area contributed by atoms with Crippen LogP contribution in [0.25, 0.3) is 0 Å². The number of rotatable bonds is 5. The Balaban J connectivity index is 2.57. The van der Waals surface area contributed by atoms with E-state index in [-0.39, 0.29) is 36.6 Å². The fourth-order valence-electron chi connectivity index (χ4n) is 1.50. The zero-order valence-corrected chi connectivity index (χ0v) is 10.4. The molecule has 0 fully saturated rings. The largest absolute Gasteiger partial charge is 0.345 e. The molecule has 0 saturated carbocycles. The Morgan fingerprint density at radius 1 is 1.28 bits per heavy atom. The average Bonchev–Trinajstić information content (AvgIpc) is 2.29. The topological polar surface area (TPSA) is 37.4 Å². The highest BCUT2D eigenvalue weighted by atomic mass is 19.1. The quantitative estimate of drug-likeness (QED) is 0.754. The summed E-state index contributed by atoms with van der Waals surface area (Å²) in [5.74, 6) is -1.55. The highest BCUT2D eigenvalue weighted by Crippen LogP contribution is 2.10. The van der Waals surface area contributed by atoms with E-state index in [0.29, 0.717) is 0 Å². The molecule has 0 aliphatic heterocycles. The van der Waals surface area contributed by atoms with Crippen LogP contribution in [0.3, 0.4) is 0 Å². The van der Waals surface area contributed by atoms with E-state index in [4.69, 9.17) is 0 Å². The summed E-state index contributed by atoms with van der Waals surface area (Å²) in [6.07, 6.45) is 0.0475. The van der Waals surface area contributed by atoms with E-state index in [1.54, 1.807) is 0 Å². The lowest BCUT2D eigenvalue weighted by molar-refractivity contribution is -0.133. The van der Waals surface area contributed by atoms with Gasteiger partial charge in [0, 0.05) is 13.6 Å². The van der Waals surface area contributed by atoms with E-state index in [1.165, 1.54) is 18.9 Å². The van der Waals surface area contributed by atoms with Crippen LogP contribution < -0.4 is 0 Å². The lowest BCUT2D eigenvalue weighted by Crippen LogP contribution is -2.30. The van der Waals surface area contributed by atoms with Crippen molar-refractivity contribution in [3.05, 3.63) is 35.4 Å². The molecule has 0 aliphatic rings. The van der Waals surface area contributed by atoms with Crippen molar-refractivity contribution >= 4 is 11.7 Å². The summed E-state index contributed by atoms with van der Waals surface area (Å²) < 4.78 is 26.2. The number of benzene rings is 1. The van der Waals surface area contributed by atoms with Crippen LogP contribution in [0, 0.1) is 11.6 Å². The number of ketones is 1. The molecule has 0 N–H and O–H groups in total. The number of amides is 1. The highest BCUT2D eigenvalue weighted by molar-refractivity contribution is 5.96. The van der Waals surface area contributed by atoms with E-state index in [9.17, 15) is 18.4 Å². The molecule has 0 radical (unpaired) electrons. The second kappa shape index (κ2) is 6.23. The Hall–Kier alpha value is -1.78. The number of hydrogen-bond donors (Lipinski definition) is 0. The monoisotopic (exact) mass is 255 g/mol. The van der Waals surface area contributed by atoms with Crippen LogP contribution in [0.1, 0.15) is 18.9 Å². The molecule has 0 aromatic heterocycles. The van der Waals surface area contributed by atoms with E-state index in [2.05, 4.69) is 0 Å². The van der Waals surface area contributed by atoms with Gasteiger partial charge in [-0.1, -0.05) is 0 Å². The molecular weight excluding hydrogens is 240 g/mol. The van der Waals surface area contributed by atoms with Gasteiger partial charge in [-0.3, -0.25) is 9.59 Å². The predicted molar refractivity (Wildman–Crippen MR) is 63.0 cm³/mol. The van der Waals surface area contributed by atoms with Crippen molar-refractivity contribution in [1.29, 1.82) is 0 Å². The van der Waals surface area contributed by atoms with Crippen molar-refractivity contribution in [2.45, 2.75) is 19.8 Å². The Labute approximate surface area is 104 Å². The smallest absolute Gasteiger partial charge is 0.229 e. The van der Waals surface area contributed by atoms with Crippen LogP contribution in [0.2, 0.25) is 0 Å². The average molecular weight is 255 g/mol. The third kappa shape index (κ3) is 4.24. The first-order valence-electron chi connectivity index (χ1n) is 5.57. The number of likely N-dealkylation sites (N-methyl/N-ethyl adjacent to an activating group) is 1. The van der Waals surface area contributed by atoms with E-state index in [1.807, 2.05) is 0 Å². The fourth-order valence-corrected chi connectivity index (χ4v) is 1.50. The number of carbonyl (C=O) groups excluding carboxylic acids is 2. The number of halogens is 2. The lowest BCUT2D eigenvalue weighted by Gasteiger charge is -2.16. The third-order valence-electron chi connectivity index (χ3n) is 2.55. The van der Waals surface area contributed by atoms with Crippen molar-refractivity contribution in [3.8, 4) is 0 Å². The first kappa shape index (κ1) is 14.3. The molecule has 0 heterocycles. The van der Waals surface area contributed by atoms with Gasteiger partial charge in [0.05, 0.1) is 6.42 Å². The van der Waals surface area contributed by atoms with Crippen LogP contribution in [0.5, 0.6) is 0 Å². The molecule has 1 aromatic carbocycles. The Morgan fingerprint density at radius 3 is 2.56 bits per heavy atom. The molecule has 5 heteroatoms. The Bertz CT molecular complexity index is 460. The summed E-state index contributed by atoms with van der Waals surface area (Å²) in [5.41, 5.74) is 0.220. The van der Waals surface area contributed by atoms with Gasteiger partial charge in [0.2, 0.25) is 5.91 Å². The van der Waals surface area contributed by atoms with Gasteiger partial charge in [0.25, 0.3) is 0 Å². The summed E-state index contributed by atoms with van der Waals surface area (Å²) in [7, 11) is 1.53. The van der Waals surface area contributed by atoms with Crippen molar-refractivity contribution in [2.75, 3.05) is 13.6 Å². The van der Waals surface area contributed by atoms with Crippen molar-refractivity contribution in [3.63, 3.8) is 0 Å². The highest BCUT2D eigenvalue weighted by Gasteiger charge is 2.12. The summed E-state index contributed by atoms with van der Waals surface area (Å²) in [6.45, 7) is 1.57.